The first-order valence-corrected chi connectivity index (χ1v) is 8.46. The minimum Gasteiger partial charge on any atom is -0.452 e. The second-order valence-electron chi connectivity index (χ2n) is 6.73. The van der Waals surface area contributed by atoms with Crippen LogP contribution in [0.15, 0.2) is 24.3 Å². The minimum absolute atomic E-state index is 0.0882. The highest BCUT2D eigenvalue weighted by Gasteiger charge is 2.60. The predicted molar refractivity (Wildman–Crippen MR) is 92.2 cm³/mol. The summed E-state index contributed by atoms with van der Waals surface area (Å²) in [5.74, 6) is -1.85. The molecule has 0 bridgehead atoms. The summed E-state index contributed by atoms with van der Waals surface area (Å²) in [6, 6.07) is 6.57. The van der Waals surface area contributed by atoms with Gasteiger partial charge in [0.25, 0.3) is 11.8 Å². The van der Waals surface area contributed by atoms with E-state index in [2.05, 4.69) is 5.32 Å². The van der Waals surface area contributed by atoms with Gasteiger partial charge < -0.3 is 15.0 Å². The van der Waals surface area contributed by atoms with Crippen molar-refractivity contribution in [2.45, 2.75) is 38.4 Å². The molecule has 2 heterocycles. The van der Waals surface area contributed by atoms with E-state index in [1.807, 2.05) is 0 Å². The molecule has 1 atom stereocenters. The maximum atomic E-state index is 12.9. The molecular formula is C18H21N3O5. The molecule has 0 spiro atoms. The topological polar surface area (TPSA) is 96.0 Å². The first-order valence-electron chi connectivity index (χ1n) is 8.46. The highest BCUT2D eigenvalue weighted by Crippen LogP contribution is 2.44. The van der Waals surface area contributed by atoms with E-state index >= 15 is 0 Å². The summed E-state index contributed by atoms with van der Waals surface area (Å²) < 4.78 is 5.19. The minimum atomic E-state index is -1.55. The second-order valence-corrected chi connectivity index (χ2v) is 6.73. The molecule has 0 unspecified atom stereocenters. The molecule has 26 heavy (non-hydrogen) atoms. The van der Waals surface area contributed by atoms with Crippen molar-refractivity contribution >= 4 is 29.4 Å². The maximum absolute atomic E-state index is 12.9. The first-order chi connectivity index (χ1) is 12.3. The van der Waals surface area contributed by atoms with E-state index in [1.165, 1.54) is 16.8 Å². The van der Waals surface area contributed by atoms with Gasteiger partial charge in [0.05, 0.1) is 11.3 Å². The van der Waals surface area contributed by atoms with Gasteiger partial charge in [0, 0.05) is 25.9 Å². The van der Waals surface area contributed by atoms with Crippen LogP contribution >= 0.6 is 0 Å². The van der Waals surface area contributed by atoms with Crippen molar-refractivity contribution in [1.82, 2.24) is 10.2 Å². The molecule has 1 N–H and O–H groups in total. The van der Waals surface area contributed by atoms with Gasteiger partial charge in [-0.3, -0.25) is 19.3 Å². The van der Waals surface area contributed by atoms with Gasteiger partial charge in [-0.25, -0.2) is 4.79 Å². The monoisotopic (exact) mass is 359 g/mol. The van der Waals surface area contributed by atoms with Crippen LogP contribution in [0.1, 0.15) is 37.0 Å². The molecule has 0 aliphatic carbocycles. The van der Waals surface area contributed by atoms with Crippen LogP contribution in [-0.2, 0) is 19.1 Å². The van der Waals surface area contributed by atoms with Crippen molar-refractivity contribution in [3.8, 4) is 0 Å². The van der Waals surface area contributed by atoms with Gasteiger partial charge in [0.2, 0.25) is 11.6 Å². The number of amides is 3. The third-order valence-electron chi connectivity index (χ3n) is 4.65. The van der Waals surface area contributed by atoms with Gasteiger partial charge in [-0.2, -0.15) is 0 Å². The number of para-hydroxylation sites is 1. The molecule has 2 aliphatic rings. The Kier molecular flexibility index (Phi) is 4.43. The van der Waals surface area contributed by atoms with E-state index in [9.17, 15) is 19.2 Å². The van der Waals surface area contributed by atoms with Gasteiger partial charge in [-0.15, -0.1) is 0 Å². The molecule has 8 nitrogen and oxygen atoms in total. The van der Waals surface area contributed by atoms with Crippen LogP contribution in [0.25, 0.3) is 0 Å². The van der Waals surface area contributed by atoms with Crippen LogP contribution in [0.2, 0.25) is 0 Å². The molecule has 0 saturated carbocycles. The van der Waals surface area contributed by atoms with Crippen molar-refractivity contribution in [3.05, 3.63) is 29.8 Å². The molecule has 1 saturated heterocycles. The summed E-state index contributed by atoms with van der Waals surface area (Å²) in [7, 11) is 1.47. The van der Waals surface area contributed by atoms with Crippen molar-refractivity contribution in [3.63, 3.8) is 0 Å². The lowest BCUT2D eigenvalue weighted by Crippen LogP contribution is -2.67. The number of carbonyl (C=O) groups is 4. The Hall–Kier alpha value is -2.90. The molecular weight excluding hydrogens is 338 g/mol. The molecule has 0 aromatic heterocycles. The molecule has 1 aromatic carbocycles. The van der Waals surface area contributed by atoms with Gasteiger partial charge in [0.15, 0.2) is 6.61 Å². The number of fused-ring (bicyclic) bond motifs is 3. The Morgan fingerprint density at radius 2 is 1.96 bits per heavy atom. The third kappa shape index (κ3) is 2.61. The lowest BCUT2D eigenvalue weighted by molar-refractivity contribution is -0.159. The highest BCUT2D eigenvalue weighted by molar-refractivity contribution is 6.15. The van der Waals surface area contributed by atoms with E-state index < -0.39 is 24.1 Å². The summed E-state index contributed by atoms with van der Waals surface area (Å²) in [6.07, 6.45) is 0.228. The summed E-state index contributed by atoms with van der Waals surface area (Å²) >= 11 is 0. The van der Waals surface area contributed by atoms with E-state index in [0.29, 0.717) is 11.3 Å². The third-order valence-corrected chi connectivity index (χ3v) is 4.65. The molecule has 2 aliphatic heterocycles. The zero-order valence-corrected chi connectivity index (χ0v) is 14.9. The van der Waals surface area contributed by atoms with Crippen LogP contribution in [0.5, 0.6) is 0 Å². The van der Waals surface area contributed by atoms with E-state index in [4.69, 9.17) is 4.74 Å². The number of hydrogen-bond acceptors (Lipinski definition) is 5. The summed E-state index contributed by atoms with van der Waals surface area (Å²) in [4.78, 5) is 52.5. The molecule has 1 aromatic rings. The number of carbonyl (C=O) groups excluding carboxylic acids is 4. The number of nitrogens with zero attached hydrogens (tertiary/aromatic N) is 2. The molecule has 0 radical (unpaired) electrons. The first kappa shape index (κ1) is 17.9. The van der Waals surface area contributed by atoms with Gasteiger partial charge >= 0.3 is 5.97 Å². The number of likely N-dealkylation sites (N-methyl/N-ethyl adjacent to an activating group) is 1. The fourth-order valence-electron chi connectivity index (χ4n) is 3.50. The average molecular weight is 359 g/mol. The fourth-order valence-corrected chi connectivity index (χ4v) is 3.50. The normalized spacial score (nSPS) is 21.5. The SMILES string of the molecule is CC(C)NC(=O)COC(=O)[C@@]12CCC(=O)N1c1ccccc1C(=O)N2C. The number of nitrogens with one attached hydrogen (secondary N) is 1. The van der Waals surface area contributed by atoms with Crippen LogP contribution in [-0.4, -0.2) is 54.0 Å². The van der Waals surface area contributed by atoms with Gasteiger partial charge in [0.1, 0.15) is 0 Å². The van der Waals surface area contributed by atoms with Crippen LogP contribution in [0, 0.1) is 0 Å². The van der Waals surface area contributed by atoms with E-state index in [1.54, 1.807) is 38.1 Å². The van der Waals surface area contributed by atoms with Gasteiger partial charge in [-0.1, -0.05) is 12.1 Å². The maximum Gasteiger partial charge on any atom is 0.354 e. The van der Waals surface area contributed by atoms with Crippen molar-refractivity contribution in [2.24, 2.45) is 0 Å². The quantitative estimate of drug-likeness (QED) is 0.797. The van der Waals surface area contributed by atoms with Crippen molar-refractivity contribution < 1.29 is 23.9 Å². The Bertz CT molecular complexity index is 791. The lowest BCUT2D eigenvalue weighted by atomic mass is 9.97. The smallest absolute Gasteiger partial charge is 0.354 e. The van der Waals surface area contributed by atoms with E-state index in [0.717, 1.165) is 0 Å². The number of ether oxygens (including phenoxy) is 1. The van der Waals surface area contributed by atoms with Crippen molar-refractivity contribution in [1.29, 1.82) is 0 Å². The predicted octanol–water partition coefficient (Wildman–Crippen LogP) is 0.663. The number of benzene rings is 1. The van der Waals surface area contributed by atoms with Crippen LogP contribution in [0.4, 0.5) is 5.69 Å². The summed E-state index contributed by atoms with van der Waals surface area (Å²) in [6.45, 7) is 3.12. The fraction of sp³-hybridized carbons (Fsp3) is 0.444. The standard InChI is InChI=1S/C18H21N3O5/c1-11(2)19-14(22)10-26-17(25)18-9-8-15(23)21(18)13-7-5-4-6-12(13)16(24)20(18)3/h4-7,11H,8-10H2,1-3H3,(H,19,22)/t18-/m1/s1. The highest BCUT2D eigenvalue weighted by atomic mass is 16.5. The Morgan fingerprint density at radius 1 is 1.27 bits per heavy atom. The molecule has 3 rings (SSSR count). The molecule has 138 valence electrons. The Labute approximate surface area is 151 Å². The summed E-state index contributed by atoms with van der Waals surface area (Å²) in [5.41, 5.74) is -0.811. The van der Waals surface area contributed by atoms with Crippen LogP contribution < -0.4 is 10.2 Å². The van der Waals surface area contributed by atoms with Crippen molar-refractivity contribution in [2.75, 3.05) is 18.6 Å². The van der Waals surface area contributed by atoms with Gasteiger partial charge in [-0.05, 0) is 26.0 Å². The Morgan fingerprint density at radius 3 is 2.65 bits per heavy atom. The van der Waals surface area contributed by atoms with E-state index in [-0.39, 0.29) is 30.7 Å². The Balaban J connectivity index is 1.94. The summed E-state index contributed by atoms with van der Waals surface area (Å²) in [5, 5.41) is 2.63. The zero-order valence-electron chi connectivity index (χ0n) is 14.9. The number of esters is 1. The number of rotatable bonds is 4. The lowest BCUT2D eigenvalue weighted by Gasteiger charge is -2.46. The largest absolute Gasteiger partial charge is 0.452 e. The molecule has 3 amide bonds. The van der Waals surface area contributed by atoms with Crippen LogP contribution in [0.3, 0.4) is 0 Å². The second kappa shape index (κ2) is 6.44. The number of hydrogen-bond donors (Lipinski definition) is 1. The number of anilines is 1. The molecule has 8 heteroatoms. The molecule has 1 fully saturated rings. The zero-order chi connectivity index (χ0) is 19.1. The average Bonchev–Trinajstić information content (AvgIpc) is 2.96.